The topological polar surface area (TPSA) is 53.1 Å². The van der Waals surface area contributed by atoms with Gasteiger partial charge in [-0.2, -0.15) is 0 Å². The highest BCUT2D eigenvalue weighted by atomic mass is 79.9. The van der Waals surface area contributed by atoms with E-state index < -0.39 is 5.97 Å². The first kappa shape index (κ1) is 8.31. The van der Waals surface area contributed by atoms with Crippen LogP contribution in [-0.4, -0.2) is 16.1 Å². The van der Waals surface area contributed by atoms with E-state index in [1.54, 1.807) is 18.3 Å². The Morgan fingerprint density at radius 2 is 2.15 bits per heavy atom. The summed E-state index contributed by atoms with van der Waals surface area (Å²) >= 11 is 3.26. The molecule has 0 atom stereocenters. The van der Waals surface area contributed by atoms with Crippen LogP contribution in [0, 0.1) is 0 Å². The Hall–Kier alpha value is -1.29. The molecule has 0 unspecified atom stereocenters. The van der Waals surface area contributed by atoms with Gasteiger partial charge in [0.15, 0.2) is 0 Å². The lowest BCUT2D eigenvalue weighted by Gasteiger charge is -1.99. The van der Waals surface area contributed by atoms with Crippen molar-refractivity contribution in [2.45, 2.75) is 0 Å². The van der Waals surface area contributed by atoms with Crippen LogP contribution in [0.4, 0.5) is 0 Å². The van der Waals surface area contributed by atoms with Crippen LogP contribution in [0.1, 0.15) is 10.4 Å². The van der Waals surface area contributed by atoms with Gasteiger partial charge in [0.25, 0.3) is 0 Å². The Morgan fingerprint density at radius 3 is 2.85 bits per heavy atom. The molecule has 0 bridgehead atoms. The summed E-state index contributed by atoms with van der Waals surface area (Å²) < 4.78 is 0.624. The van der Waals surface area contributed by atoms with Crippen molar-refractivity contribution in [3.63, 3.8) is 0 Å². The van der Waals surface area contributed by atoms with Gasteiger partial charge >= 0.3 is 5.97 Å². The summed E-state index contributed by atoms with van der Waals surface area (Å²) in [6.45, 7) is 0. The molecule has 0 aliphatic rings. The zero-order valence-corrected chi connectivity index (χ0v) is 8.13. The molecule has 0 aliphatic carbocycles. The average Bonchev–Trinajstić information content (AvgIpc) is 2.52. The van der Waals surface area contributed by atoms with E-state index in [2.05, 4.69) is 20.9 Å². The zero-order chi connectivity index (χ0) is 9.42. The number of carboxylic acids is 1. The summed E-state index contributed by atoms with van der Waals surface area (Å²) in [6, 6.07) is 5.17. The highest BCUT2D eigenvalue weighted by Gasteiger charge is 2.10. The van der Waals surface area contributed by atoms with E-state index in [1.165, 1.54) is 0 Å². The van der Waals surface area contributed by atoms with Gasteiger partial charge in [0.05, 0.1) is 5.56 Å². The summed E-state index contributed by atoms with van der Waals surface area (Å²) in [7, 11) is 0. The molecule has 1 aromatic carbocycles. The molecular formula is C9H6BrNO2. The number of carbonyl (C=O) groups is 1. The van der Waals surface area contributed by atoms with Crippen molar-refractivity contribution < 1.29 is 9.90 Å². The number of H-pyrrole nitrogens is 1. The summed E-state index contributed by atoms with van der Waals surface area (Å²) in [6.07, 6.45) is 1.78. The van der Waals surface area contributed by atoms with Gasteiger partial charge in [-0.1, -0.05) is 0 Å². The number of halogens is 1. The van der Waals surface area contributed by atoms with Gasteiger partial charge in [-0.3, -0.25) is 0 Å². The van der Waals surface area contributed by atoms with E-state index in [1.807, 2.05) is 6.07 Å². The molecule has 0 saturated heterocycles. The third kappa shape index (κ3) is 1.23. The lowest BCUT2D eigenvalue weighted by Crippen LogP contribution is -1.96. The summed E-state index contributed by atoms with van der Waals surface area (Å²) in [5.74, 6) is -0.921. The number of hydrogen-bond acceptors (Lipinski definition) is 1. The van der Waals surface area contributed by atoms with Gasteiger partial charge in [0.2, 0.25) is 0 Å². The highest BCUT2D eigenvalue weighted by molar-refractivity contribution is 9.10. The largest absolute Gasteiger partial charge is 0.478 e. The van der Waals surface area contributed by atoms with Gasteiger partial charge in [0.1, 0.15) is 0 Å². The fraction of sp³-hybridized carbons (Fsp3) is 0. The summed E-state index contributed by atoms with van der Waals surface area (Å²) in [5, 5.41) is 9.71. The van der Waals surface area contributed by atoms with Crippen LogP contribution in [0.2, 0.25) is 0 Å². The number of hydrogen-bond donors (Lipinski definition) is 2. The molecule has 4 heteroatoms. The molecule has 0 amide bonds. The molecule has 3 nitrogen and oxygen atoms in total. The Labute approximate surface area is 82.5 Å². The van der Waals surface area contributed by atoms with E-state index in [9.17, 15) is 4.79 Å². The van der Waals surface area contributed by atoms with Crippen molar-refractivity contribution in [2.75, 3.05) is 0 Å². The molecule has 0 radical (unpaired) electrons. The fourth-order valence-corrected chi connectivity index (χ4v) is 1.91. The predicted molar refractivity (Wildman–Crippen MR) is 53.0 cm³/mol. The second kappa shape index (κ2) is 2.88. The van der Waals surface area contributed by atoms with E-state index in [-0.39, 0.29) is 5.56 Å². The molecule has 2 rings (SSSR count). The third-order valence-electron chi connectivity index (χ3n) is 1.90. The zero-order valence-electron chi connectivity index (χ0n) is 6.54. The van der Waals surface area contributed by atoms with Crippen LogP contribution in [0.15, 0.2) is 28.9 Å². The van der Waals surface area contributed by atoms with Gasteiger partial charge in [-0.05, 0) is 34.1 Å². The lowest BCUT2D eigenvalue weighted by molar-refractivity contribution is 0.0696. The van der Waals surface area contributed by atoms with Gasteiger partial charge in [0, 0.05) is 21.6 Å². The van der Waals surface area contributed by atoms with E-state index in [0.29, 0.717) is 4.47 Å². The normalized spacial score (nSPS) is 10.5. The quantitative estimate of drug-likeness (QED) is 0.804. The first-order valence-electron chi connectivity index (χ1n) is 3.69. The van der Waals surface area contributed by atoms with Crippen molar-refractivity contribution in [1.29, 1.82) is 0 Å². The number of aromatic nitrogens is 1. The molecule has 13 heavy (non-hydrogen) atoms. The number of benzene rings is 1. The summed E-state index contributed by atoms with van der Waals surface area (Å²) in [5.41, 5.74) is 1.21. The number of rotatable bonds is 1. The fourth-order valence-electron chi connectivity index (χ4n) is 1.26. The van der Waals surface area contributed by atoms with Crippen molar-refractivity contribution in [3.05, 3.63) is 34.4 Å². The molecule has 0 saturated carbocycles. The minimum Gasteiger partial charge on any atom is -0.478 e. The molecule has 0 fully saturated rings. The van der Waals surface area contributed by atoms with Crippen LogP contribution in [0.3, 0.4) is 0 Å². The highest BCUT2D eigenvalue weighted by Crippen LogP contribution is 2.26. The Balaban J connectivity index is 2.80. The molecule has 66 valence electrons. The number of nitrogens with one attached hydrogen (secondary N) is 1. The monoisotopic (exact) mass is 239 g/mol. The minimum atomic E-state index is -0.921. The average molecular weight is 240 g/mol. The number of aromatic amines is 1. The van der Waals surface area contributed by atoms with E-state index in [4.69, 9.17) is 5.11 Å². The maximum atomic E-state index is 10.7. The maximum absolute atomic E-state index is 10.7. The molecule has 0 aliphatic heterocycles. The van der Waals surface area contributed by atoms with Crippen molar-refractivity contribution in [3.8, 4) is 0 Å². The Kier molecular flexibility index (Phi) is 1.84. The van der Waals surface area contributed by atoms with Crippen LogP contribution in [-0.2, 0) is 0 Å². The SMILES string of the molecule is O=C(O)c1ccc2[nH]ccc2c1Br. The second-order valence-corrected chi connectivity index (χ2v) is 3.46. The van der Waals surface area contributed by atoms with Crippen molar-refractivity contribution >= 4 is 32.8 Å². The van der Waals surface area contributed by atoms with E-state index >= 15 is 0 Å². The van der Waals surface area contributed by atoms with Crippen LogP contribution < -0.4 is 0 Å². The van der Waals surface area contributed by atoms with Crippen LogP contribution in [0.5, 0.6) is 0 Å². The predicted octanol–water partition coefficient (Wildman–Crippen LogP) is 2.63. The Bertz CT molecular complexity index is 475. The third-order valence-corrected chi connectivity index (χ3v) is 2.75. The molecule has 2 N–H and O–H groups in total. The first-order chi connectivity index (χ1) is 6.20. The molecule has 1 aromatic heterocycles. The standard InChI is InChI=1S/C9H6BrNO2/c10-8-5-3-4-11-7(5)2-1-6(8)9(12)13/h1-4,11H,(H,12,13). The number of aromatic carboxylic acids is 1. The summed E-state index contributed by atoms with van der Waals surface area (Å²) in [4.78, 5) is 13.8. The molecule has 2 aromatic rings. The molecule has 1 heterocycles. The number of fused-ring (bicyclic) bond motifs is 1. The Morgan fingerprint density at radius 1 is 1.38 bits per heavy atom. The first-order valence-corrected chi connectivity index (χ1v) is 4.48. The smallest absolute Gasteiger partial charge is 0.336 e. The van der Waals surface area contributed by atoms with Gasteiger partial charge < -0.3 is 10.1 Å². The number of carboxylic acid groups (broad SMARTS) is 1. The molecule has 0 spiro atoms. The lowest BCUT2D eigenvalue weighted by atomic mass is 10.1. The van der Waals surface area contributed by atoms with Gasteiger partial charge in [-0.25, -0.2) is 4.79 Å². The van der Waals surface area contributed by atoms with Gasteiger partial charge in [-0.15, -0.1) is 0 Å². The van der Waals surface area contributed by atoms with Crippen LogP contribution in [0.25, 0.3) is 10.9 Å². The van der Waals surface area contributed by atoms with Crippen molar-refractivity contribution in [1.82, 2.24) is 4.98 Å². The molecular weight excluding hydrogens is 234 g/mol. The minimum absolute atomic E-state index is 0.284. The van der Waals surface area contributed by atoms with E-state index in [0.717, 1.165) is 10.9 Å². The van der Waals surface area contributed by atoms with Crippen molar-refractivity contribution in [2.24, 2.45) is 0 Å². The maximum Gasteiger partial charge on any atom is 0.336 e. The second-order valence-electron chi connectivity index (χ2n) is 2.67. The van der Waals surface area contributed by atoms with Crippen LogP contribution >= 0.6 is 15.9 Å².